The lowest BCUT2D eigenvalue weighted by molar-refractivity contribution is 0.398. The number of rotatable bonds is 4. The van der Waals surface area contributed by atoms with Crippen molar-refractivity contribution in [1.29, 1.82) is 0 Å². The van der Waals surface area contributed by atoms with Crippen LogP contribution in [-0.2, 0) is 0 Å². The first-order valence-corrected chi connectivity index (χ1v) is 5.39. The van der Waals surface area contributed by atoms with Gasteiger partial charge < -0.3 is 15.5 Å². The second-order valence-electron chi connectivity index (χ2n) is 3.31. The van der Waals surface area contributed by atoms with Crippen LogP contribution in [0.2, 0.25) is 0 Å². The van der Waals surface area contributed by atoms with E-state index in [2.05, 4.69) is 22.6 Å². The fourth-order valence-corrected chi connectivity index (χ4v) is 1.50. The van der Waals surface area contributed by atoms with Crippen LogP contribution >= 0.6 is 0 Å². The third-order valence-corrected chi connectivity index (χ3v) is 2.20. The Balaban J connectivity index is 0.000000671. The van der Waals surface area contributed by atoms with Crippen molar-refractivity contribution in [3.8, 4) is 0 Å². The maximum atomic E-state index is 3.51. The molecule has 80 valence electrons. The highest BCUT2D eigenvalue weighted by Gasteiger charge is 2.17. The molecule has 0 aliphatic carbocycles. The summed E-state index contributed by atoms with van der Waals surface area (Å²) < 4.78 is 0. The van der Waals surface area contributed by atoms with Crippen LogP contribution in [0.1, 0.15) is 20.3 Å². The Morgan fingerprint density at radius 3 is 2.46 bits per heavy atom. The third kappa shape index (κ3) is 6.02. The molecule has 0 aromatic carbocycles. The van der Waals surface area contributed by atoms with Crippen molar-refractivity contribution >= 4 is 0 Å². The summed E-state index contributed by atoms with van der Waals surface area (Å²) in [6.07, 6.45) is 1.31. The molecule has 0 bridgehead atoms. The molecule has 1 heterocycles. The predicted octanol–water partition coefficient (Wildman–Crippen LogP) is 0.526. The highest BCUT2D eigenvalue weighted by molar-refractivity contribution is 4.78. The van der Waals surface area contributed by atoms with E-state index in [1.165, 1.54) is 19.5 Å². The molecular weight excluding hydrogens is 162 g/mol. The van der Waals surface area contributed by atoms with Crippen LogP contribution in [0.3, 0.4) is 0 Å². The van der Waals surface area contributed by atoms with Crippen LogP contribution in [0, 0.1) is 0 Å². The van der Waals surface area contributed by atoms with Gasteiger partial charge in [0, 0.05) is 25.7 Å². The highest BCUT2D eigenvalue weighted by Crippen LogP contribution is 2.04. The van der Waals surface area contributed by atoms with Gasteiger partial charge in [-0.3, -0.25) is 0 Å². The quantitative estimate of drug-likeness (QED) is 0.629. The van der Waals surface area contributed by atoms with Crippen molar-refractivity contribution in [2.24, 2.45) is 0 Å². The van der Waals surface area contributed by atoms with E-state index >= 15 is 0 Å². The Bertz CT molecular complexity index is 106. The van der Waals surface area contributed by atoms with Crippen molar-refractivity contribution < 1.29 is 0 Å². The van der Waals surface area contributed by atoms with Gasteiger partial charge in [-0.25, -0.2) is 0 Å². The molecule has 1 saturated heterocycles. The van der Waals surface area contributed by atoms with Crippen molar-refractivity contribution in [1.82, 2.24) is 15.5 Å². The summed E-state index contributed by atoms with van der Waals surface area (Å²) in [6, 6.07) is 0.730. The fraction of sp³-hybridized carbons (Fsp3) is 1.00. The Morgan fingerprint density at radius 1 is 1.31 bits per heavy atom. The summed E-state index contributed by atoms with van der Waals surface area (Å²) in [5, 5.41) is 6.64. The van der Waals surface area contributed by atoms with Gasteiger partial charge in [0.05, 0.1) is 0 Å². The first-order valence-electron chi connectivity index (χ1n) is 5.39. The highest BCUT2D eigenvalue weighted by atomic mass is 15.2. The van der Waals surface area contributed by atoms with Crippen LogP contribution in [0.5, 0.6) is 0 Å². The molecule has 1 aliphatic heterocycles. The lowest BCUT2D eigenvalue weighted by Gasteiger charge is -2.11. The van der Waals surface area contributed by atoms with Gasteiger partial charge in [0.1, 0.15) is 0 Å². The molecule has 0 radical (unpaired) electrons. The summed E-state index contributed by atoms with van der Waals surface area (Å²) in [6.45, 7) is 8.62. The van der Waals surface area contributed by atoms with Gasteiger partial charge in [-0.05, 0) is 27.1 Å². The molecule has 13 heavy (non-hydrogen) atoms. The topological polar surface area (TPSA) is 27.3 Å². The normalized spacial score (nSPS) is 22.6. The van der Waals surface area contributed by atoms with Gasteiger partial charge >= 0.3 is 0 Å². The van der Waals surface area contributed by atoms with Gasteiger partial charge in [-0.1, -0.05) is 13.8 Å². The van der Waals surface area contributed by atoms with E-state index in [0.29, 0.717) is 0 Å². The molecule has 0 aromatic rings. The second kappa shape index (κ2) is 8.48. The molecule has 0 amide bonds. The Labute approximate surface area is 82.9 Å². The van der Waals surface area contributed by atoms with Gasteiger partial charge in [0.15, 0.2) is 0 Å². The van der Waals surface area contributed by atoms with Crippen LogP contribution < -0.4 is 10.6 Å². The molecule has 0 aromatic heterocycles. The zero-order valence-corrected chi connectivity index (χ0v) is 9.56. The fourth-order valence-electron chi connectivity index (χ4n) is 1.50. The SMILES string of the molecule is CC.CNCCNC1CCN(C)C1. The van der Waals surface area contributed by atoms with E-state index in [-0.39, 0.29) is 0 Å². The maximum absolute atomic E-state index is 3.51. The molecule has 1 aliphatic rings. The van der Waals surface area contributed by atoms with Crippen LogP contribution in [0.15, 0.2) is 0 Å². The molecular formula is C10H25N3. The van der Waals surface area contributed by atoms with Crippen LogP contribution in [0.4, 0.5) is 0 Å². The number of nitrogens with one attached hydrogen (secondary N) is 2. The minimum atomic E-state index is 0.730. The van der Waals surface area contributed by atoms with E-state index in [0.717, 1.165) is 19.1 Å². The zero-order chi connectivity index (χ0) is 10.1. The first kappa shape index (κ1) is 12.9. The minimum Gasteiger partial charge on any atom is -0.318 e. The first-order chi connectivity index (χ1) is 6.33. The lowest BCUT2D eigenvalue weighted by atomic mass is 10.2. The Morgan fingerprint density at radius 2 is 2.00 bits per heavy atom. The number of hydrogen-bond acceptors (Lipinski definition) is 3. The molecule has 3 heteroatoms. The Hall–Kier alpha value is -0.120. The van der Waals surface area contributed by atoms with E-state index in [1.54, 1.807) is 0 Å². The van der Waals surface area contributed by atoms with Gasteiger partial charge in [0.25, 0.3) is 0 Å². The van der Waals surface area contributed by atoms with Gasteiger partial charge in [-0.15, -0.1) is 0 Å². The molecule has 0 spiro atoms. The number of likely N-dealkylation sites (tertiary alicyclic amines) is 1. The smallest absolute Gasteiger partial charge is 0.0207 e. The van der Waals surface area contributed by atoms with Crippen LogP contribution in [-0.4, -0.2) is 51.2 Å². The zero-order valence-electron chi connectivity index (χ0n) is 9.56. The van der Waals surface area contributed by atoms with E-state index in [9.17, 15) is 0 Å². The van der Waals surface area contributed by atoms with Crippen molar-refractivity contribution in [2.45, 2.75) is 26.3 Å². The van der Waals surface area contributed by atoms with Crippen molar-refractivity contribution in [3.05, 3.63) is 0 Å². The molecule has 1 fully saturated rings. The molecule has 0 saturated carbocycles. The Kier molecular flexibility index (Phi) is 8.40. The van der Waals surface area contributed by atoms with E-state index in [1.807, 2.05) is 20.9 Å². The van der Waals surface area contributed by atoms with Gasteiger partial charge in [-0.2, -0.15) is 0 Å². The third-order valence-electron chi connectivity index (χ3n) is 2.20. The standard InChI is InChI=1S/C8H19N3.C2H6/c1-9-4-5-10-8-3-6-11(2)7-8;1-2/h8-10H,3-7H2,1-2H3;1-2H3. The molecule has 2 N–H and O–H groups in total. The van der Waals surface area contributed by atoms with Crippen molar-refractivity contribution in [3.63, 3.8) is 0 Å². The second-order valence-corrected chi connectivity index (χ2v) is 3.31. The molecule has 1 unspecified atom stereocenters. The molecule has 1 rings (SSSR count). The van der Waals surface area contributed by atoms with E-state index in [4.69, 9.17) is 0 Å². The molecule has 1 atom stereocenters. The van der Waals surface area contributed by atoms with Crippen LogP contribution in [0.25, 0.3) is 0 Å². The summed E-state index contributed by atoms with van der Waals surface area (Å²) in [7, 11) is 4.17. The average Bonchev–Trinajstić information content (AvgIpc) is 2.56. The summed E-state index contributed by atoms with van der Waals surface area (Å²) >= 11 is 0. The summed E-state index contributed by atoms with van der Waals surface area (Å²) in [5.41, 5.74) is 0. The summed E-state index contributed by atoms with van der Waals surface area (Å²) in [5.74, 6) is 0. The molecule has 3 nitrogen and oxygen atoms in total. The summed E-state index contributed by atoms with van der Waals surface area (Å²) in [4.78, 5) is 2.37. The monoisotopic (exact) mass is 187 g/mol. The van der Waals surface area contributed by atoms with E-state index < -0.39 is 0 Å². The predicted molar refractivity (Wildman–Crippen MR) is 59.2 cm³/mol. The minimum absolute atomic E-state index is 0.730. The number of nitrogens with zero attached hydrogens (tertiary/aromatic N) is 1. The lowest BCUT2D eigenvalue weighted by Crippen LogP contribution is -2.35. The average molecular weight is 187 g/mol. The number of likely N-dealkylation sites (N-methyl/N-ethyl adjacent to an activating group) is 2. The largest absolute Gasteiger partial charge is 0.318 e. The maximum Gasteiger partial charge on any atom is 0.0207 e. The van der Waals surface area contributed by atoms with Crippen molar-refractivity contribution in [2.75, 3.05) is 40.3 Å². The van der Waals surface area contributed by atoms with Gasteiger partial charge in [0.2, 0.25) is 0 Å². The number of hydrogen-bond donors (Lipinski definition) is 2.